The standard InChI is InChI=1S/C9H12F3NO2/c10-9(11,12)7(14)15-6-1-2-8(6)3-4-13-5-8/h6,13H,1-5H2. The summed E-state index contributed by atoms with van der Waals surface area (Å²) in [5, 5.41) is 3.08. The van der Waals surface area contributed by atoms with E-state index in [0.29, 0.717) is 13.0 Å². The number of alkyl halides is 3. The van der Waals surface area contributed by atoms with Crippen LogP contribution in [0.15, 0.2) is 0 Å². The third-order valence-corrected chi connectivity index (χ3v) is 3.34. The molecule has 0 amide bonds. The molecule has 1 heterocycles. The van der Waals surface area contributed by atoms with E-state index < -0.39 is 18.2 Å². The maximum Gasteiger partial charge on any atom is 0.490 e. The molecule has 0 radical (unpaired) electrons. The van der Waals surface area contributed by atoms with Crippen molar-refractivity contribution in [3.63, 3.8) is 0 Å². The first-order chi connectivity index (χ1) is 6.94. The summed E-state index contributed by atoms with van der Waals surface area (Å²) in [5.74, 6) is -2.06. The van der Waals surface area contributed by atoms with Gasteiger partial charge in [0, 0.05) is 12.0 Å². The van der Waals surface area contributed by atoms with Crippen molar-refractivity contribution in [3.05, 3.63) is 0 Å². The maximum absolute atomic E-state index is 12.0. The van der Waals surface area contributed by atoms with Crippen LogP contribution in [0.5, 0.6) is 0 Å². The number of hydrogen-bond acceptors (Lipinski definition) is 3. The van der Waals surface area contributed by atoms with Crippen molar-refractivity contribution in [1.82, 2.24) is 5.32 Å². The van der Waals surface area contributed by atoms with Gasteiger partial charge in [-0.3, -0.25) is 0 Å². The van der Waals surface area contributed by atoms with Crippen LogP contribution < -0.4 is 5.32 Å². The van der Waals surface area contributed by atoms with Gasteiger partial charge in [0.05, 0.1) is 0 Å². The Morgan fingerprint density at radius 1 is 1.40 bits per heavy atom. The largest absolute Gasteiger partial charge is 0.490 e. The molecule has 2 unspecified atom stereocenters. The Kier molecular flexibility index (Phi) is 2.41. The molecule has 86 valence electrons. The van der Waals surface area contributed by atoms with Crippen LogP contribution in [-0.4, -0.2) is 31.3 Å². The molecular weight excluding hydrogens is 211 g/mol. The second kappa shape index (κ2) is 3.37. The van der Waals surface area contributed by atoms with Gasteiger partial charge in [-0.15, -0.1) is 0 Å². The van der Waals surface area contributed by atoms with E-state index in [1.54, 1.807) is 0 Å². The molecule has 2 atom stereocenters. The molecule has 1 aliphatic heterocycles. The van der Waals surface area contributed by atoms with Gasteiger partial charge in [-0.1, -0.05) is 0 Å². The Balaban J connectivity index is 1.93. The number of carbonyl (C=O) groups is 1. The molecule has 0 aromatic heterocycles. The van der Waals surface area contributed by atoms with Crippen molar-refractivity contribution < 1.29 is 22.7 Å². The van der Waals surface area contributed by atoms with Crippen LogP contribution in [0.25, 0.3) is 0 Å². The van der Waals surface area contributed by atoms with Crippen molar-refractivity contribution >= 4 is 5.97 Å². The van der Waals surface area contributed by atoms with Crippen LogP contribution >= 0.6 is 0 Å². The summed E-state index contributed by atoms with van der Waals surface area (Å²) in [7, 11) is 0. The Morgan fingerprint density at radius 3 is 2.53 bits per heavy atom. The lowest BCUT2D eigenvalue weighted by Gasteiger charge is -2.45. The van der Waals surface area contributed by atoms with Crippen molar-refractivity contribution in [2.45, 2.75) is 31.5 Å². The molecule has 3 nitrogen and oxygen atoms in total. The van der Waals surface area contributed by atoms with Crippen LogP contribution in [0.4, 0.5) is 13.2 Å². The maximum atomic E-state index is 12.0. The molecule has 1 N–H and O–H groups in total. The molecule has 15 heavy (non-hydrogen) atoms. The quantitative estimate of drug-likeness (QED) is 0.679. The van der Waals surface area contributed by atoms with E-state index >= 15 is 0 Å². The SMILES string of the molecule is O=C(OC1CCC12CCNC2)C(F)(F)F. The Hall–Kier alpha value is -0.780. The van der Waals surface area contributed by atoms with Gasteiger partial charge in [-0.25, -0.2) is 4.79 Å². The minimum Gasteiger partial charge on any atom is -0.455 e. The third kappa shape index (κ3) is 1.82. The number of carbonyl (C=O) groups excluding carboxylic acids is 1. The molecule has 1 saturated heterocycles. The first kappa shape index (κ1) is 10.7. The smallest absolute Gasteiger partial charge is 0.455 e. The second-order valence-electron chi connectivity index (χ2n) is 4.22. The van der Waals surface area contributed by atoms with Gasteiger partial charge < -0.3 is 10.1 Å². The molecular formula is C9H12F3NO2. The highest BCUT2D eigenvalue weighted by atomic mass is 19.4. The topological polar surface area (TPSA) is 38.3 Å². The summed E-state index contributed by atoms with van der Waals surface area (Å²) >= 11 is 0. The zero-order valence-corrected chi connectivity index (χ0v) is 8.06. The highest BCUT2D eigenvalue weighted by Crippen LogP contribution is 2.48. The van der Waals surface area contributed by atoms with Crippen molar-refractivity contribution in [3.8, 4) is 0 Å². The lowest BCUT2D eigenvalue weighted by Crippen LogP contribution is -2.50. The van der Waals surface area contributed by atoms with Crippen molar-refractivity contribution in [2.75, 3.05) is 13.1 Å². The lowest BCUT2D eigenvalue weighted by molar-refractivity contribution is -0.218. The molecule has 0 bridgehead atoms. The van der Waals surface area contributed by atoms with Crippen molar-refractivity contribution in [1.29, 1.82) is 0 Å². The summed E-state index contributed by atoms with van der Waals surface area (Å²) in [6, 6.07) is 0. The molecule has 6 heteroatoms. The summed E-state index contributed by atoms with van der Waals surface area (Å²) in [6.07, 6.45) is -3.24. The molecule has 1 saturated carbocycles. The van der Waals surface area contributed by atoms with Gasteiger partial charge in [0.15, 0.2) is 0 Å². The molecule has 2 aliphatic rings. The van der Waals surface area contributed by atoms with Crippen LogP contribution in [0.2, 0.25) is 0 Å². The van der Waals surface area contributed by atoms with E-state index in [4.69, 9.17) is 0 Å². The average molecular weight is 223 g/mol. The minimum absolute atomic E-state index is 0.221. The summed E-state index contributed by atoms with van der Waals surface area (Å²) in [5.41, 5.74) is -0.221. The number of halogens is 3. The minimum atomic E-state index is -4.87. The van der Waals surface area contributed by atoms with E-state index in [9.17, 15) is 18.0 Å². The van der Waals surface area contributed by atoms with Crippen LogP contribution in [0.3, 0.4) is 0 Å². The predicted molar refractivity (Wildman–Crippen MR) is 45.1 cm³/mol. The Morgan fingerprint density at radius 2 is 2.13 bits per heavy atom. The fraction of sp³-hybridized carbons (Fsp3) is 0.889. The number of ether oxygens (including phenoxy) is 1. The van der Waals surface area contributed by atoms with Gasteiger partial charge in [-0.05, 0) is 25.8 Å². The molecule has 2 rings (SSSR count). The molecule has 2 fully saturated rings. The summed E-state index contributed by atoms with van der Waals surface area (Å²) in [4.78, 5) is 10.6. The lowest BCUT2D eigenvalue weighted by atomic mass is 9.65. The zero-order chi connectivity index (χ0) is 11.1. The van der Waals surface area contributed by atoms with E-state index in [2.05, 4.69) is 10.1 Å². The summed E-state index contributed by atoms with van der Waals surface area (Å²) < 4.78 is 40.3. The number of esters is 1. The first-order valence-corrected chi connectivity index (χ1v) is 4.93. The highest BCUT2D eigenvalue weighted by Gasteiger charge is 2.53. The number of rotatable bonds is 1. The van der Waals surface area contributed by atoms with Crippen LogP contribution in [-0.2, 0) is 9.53 Å². The molecule has 1 spiro atoms. The molecule has 0 aromatic rings. The van der Waals surface area contributed by atoms with Gasteiger partial charge in [0.1, 0.15) is 6.10 Å². The van der Waals surface area contributed by atoms with Crippen LogP contribution in [0, 0.1) is 5.41 Å². The van der Waals surface area contributed by atoms with Gasteiger partial charge in [-0.2, -0.15) is 13.2 Å². The third-order valence-electron chi connectivity index (χ3n) is 3.34. The normalized spacial score (nSPS) is 35.3. The van der Waals surface area contributed by atoms with Gasteiger partial charge >= 0.3 is 12.1 Å². The number of hydrogen-bond donors (Lipinski definition) is 1. The molecule has 0 aromatic carbocycles. The van der Waals surface area contributed by atoms with E-state index in [1.807, 2.05) is 0 Å². The fourth-order valence-electron chi connectivity index (χ4n) is 2.30. The monoisotopic (exact) mass is 223 g/mol. The average Bonchev–Trinajstić information content (AvgIpc) is 2.61. The zero-order valence-electron chi connectivity index (χ0n) is 8.06. The summed E-state index contributed by atoms with van der Waals surface area (Å²) in [6.45, 7) is 1.45. The van der Waals surface area contributed by atoms with E-state index in [-0.39, 0.29) is 5.41 Å². The molecule has 1 aliphatic carbocycles. The van der Waals surface area contributed by atoms with Gasteiger partial charge in [0.2, 0.25) is 0 Å². The first-order valence-electron chi connectivity index (χ1n) is 4.93. The highest BCUT2D eigenvalue weighted by molar-refractivity contribution is 5.75. The fourth-order valence-corrected chi connectivity index (χ4v) is 2.30. The van der Waals surface area contributed by atoms with Crippen LogP contribution in [0.1, 0.15) is 19.3 Å². The number of nitrogens with one attached hydrogen (secondary N) is 1. The Labute approximate surface area is 85.0 Å². The predicted octanol–water partition coefficient (Wildman–Crippen LogP) is 1.23. The second-order valence-corrected chi connectivity index (χ2v) is 4.22. The van der Waals surface area contributed by atoms with E-state index in [1.165, 1.54) is 0 Å². The van der Waals surface area contributed by atoms with Crippen molar-refractivity contribution in [2.24, 2.45) is 5.41 Å². The van der Waals surface area contributed by atoms with Gasteiger partial charge in [0.25, 0.3) is 0 Å². The van der Waals surface area contributed by atoms with E-state index in [0.717, 1.165) is 19.4 Å². The Bertz CT molecular complexity index is 271.